The van der Waals surface area contributed by atoms with Gasteiger partial charge >= 0.3 is 12.3 Å². The van der Waals surface area contributed by atoms with Gasteiger partial charge in [-0.1, -0.05) is 42.5 Å². The van der Waals surface area contributed by atoms with Gasteiger partial charge in [0.1, 0.15) is 0 Å². The summed E-state index contributed by atoms with van der Waals surface area (Å²) >= 11 is 0. The Morgan fingerprint density at radius 1 is 0.966 bits per heavy atom. The van der Waals surface area contributed by atoms with Crippen molar-refractivity contribution in [1.82, 2.24) is 9.80 Å². The maximum Gasteiger partial charge on any atom is 0.407 e. The molecule has 9 heteroatoms. The number of fused-ring (bicyclic) bond motifs is 1. The summed E-state index contributed by atoms with van der Waals surface area (Å²) < 4.78 is 39.6. The van der Waals surface area contributed by atoms with Crippen LogP contribution in [0.15, 0.2) is 54.6 Å². The summed E-state index contributed by atoms with van der Waals surface area (Å²) in [5.74, 6) is -1.47. The van der Waals surface area contributed by atoms with Crippen molar-refractivity contribution in [3.05, 3.63) is 71.3 Å². The molecule has 2 aromatic rings. The quantitative estimate of drug-likeness (QED) is 0.741. The van der Waals surface area contributed by atoms with Crippen molar-refractivity contribution in [3.8, 4) is 0 Å². The lowest BCUT2D eigenvalue weighted by molar-refractivity contribution is -0.146. The van der Waals surface area contributed by atoms with Crippen molar-refractivity contribution >= 4 is 17.9 Å². The van der Waals surface area contributed by atoms with Gasteiger partial charge in [-0.2, -0.15) is 13.2 Å². The summed E-state index contributed by atoms with van der Waals surface area (Å²) in [5.41, 5.74) is 0.672. The van der Waals surface area contributed by atoms with Crippen molar-refractivity contribution in [2.24, 2.45) is 0 Å². The lowest BCUT2D eigenvalue weighted by Crippen LogP contribution is -2.49. The van der Waals surface area contributed by atoms with E-state index in [4.69, 9.17) is 0 Å². The Morgan fingerprint density at radius 2 is 1.48 bits per heavy atom. The molecule has 3 amide bonds. The Morgan fingerprint density at radius 3 is 1.97 bits per heavy atom. The number of amides is 3. The number of benzene rings is 2. The molecule has 1 heterocycles. The molecular weight excluding hydrogens is 389 g/mol. The van der Waals surface area contributed by atoms with Crippen molar-refractivity contribution in [3.63, 3.8) is 0 Å². The first-order valence-electron chi connectivity index (χ1n) is 8.73. The van der Waals surface area contributed by atoms with Gasteiger partial charge in [0.2, 0.25) is 0 Å². The molecule has 1 aliphatic heterocycles. The molecule has 2 aromatic carbocycles. The molecule has 1 atom stereocenters. The van der Waals surface area contributed by atoms with Crippen LogP contribution in [0.5, 0.6) is 0 Å². The average molecular weight is 406 g/mol. The first-order valence-corrected chi connectivity index (χ1v) is 8.73. The molecule has 0 saturated heterocycles. The maximum absolute atomic E-state index is 13.2. The SMILES string of the molecule is O=C1c2ccccc2C(=O)N1CC(CC(F)(F)F)N(Cc1ccccc1)C(=O)O. The van der Waals surface area contributed by atoms with Crippen LogP contribution in [0.4, 0.5) is 18.0 Å². The van der Waals surface area contributed by atoms with Gasteiger partial charge in [0.15, 0.2) is 0 Å². The second-order valence-electron chi connectivity index (χ2n) is 6.64. The lowest BCUT2D eigenvalue weighted by Gasteiger charge is -2.32. The predicted octanol–water partition coefficient (Wildman–Crippen LogP) is 3.78. The zero-order valence-corrected chi connectivity index (χ0v) is 15.1. The Bertz CT molecular complexity index is 896. The minimum Gasteiger partial charge on any atom is -0.465 e. The average Bonchev–Trinajstić information content (AvgIpc) is 2.90. The van der Waals surface area contributed by atoms with Gasteiger partial charge in [0.05, 0.1) is 30.1 Å². The number of carboxylic acid groups (broad SMARTS) is 1. The van der Waals surface area contributed by atoms with Crippen molar-refractivity contribution in [2.45, 2.75) is 25.2 Å². The number of nitrogens with zero attached hydrogens (tertiary/aromatic N) is 2. The van der Waals surface area contributed by atoms with Crippen molar-refractivity contribution in [1.29, 1.82) is 0 Å². The second kappa shape index (κ2) is 7.94. The van der Waals surface area contributed by atoms with E-state index in [0.717, 1.165) is 0 Å². The van der Waals surface area contributed by atoms with E-state index in [0.29, 0.717) is 15.4 Å². The number of rotatable bonds is 6. The van der Waals surface area contributed by atoms with Gasteiger partial charge in [0, 0.05) is 6.54 Å². The van der Waals surface area contributed by atoms with Crippen LogP contribution in [0.25, 0.3) is 0 Å². The minimum atomic E-state index is -4.69. The third kappa shape index (κ3) is 4.56. The Balaban J connectivity index is 1.89. The fourth-order valence-corrected chi connectivity index (χ4v) is 3.29. The predicted molar refractivity (Wildman–Crippen MR) is 96.3 cm³/mol. The molecule has 0 radical (unpaired) electrons. The smallest absolute Gasteiger partial charge is 0.407 e. The van der Waals surface area contributed by atoms with E-state index in [1.54, 1.807) is 42.5 Å². The van der Waals surface area contributed by atoms with Crippen molar-refractivity contribution in [2.75, 3.05) is 6.54 Å². The summed E-state index contributed by atoms with van der Waals surface area (Å²) in [6.45, 7) is -0.995. The molecule has 6 nitrogen and oxygen atoms in total. The number of hydrogen-bond acceptors (Lipinski definition) is 3. The van der Waals surface area contributed by atoms with Crippen LogP contribution in [0, 0.1) is 0 Å². The number of halogens is 3. The third-order valence-corrected chi connectivity index (χ3v) is 4.62. The molecule has 0 fully saturated rings. The van der Waals surface area contributed by atoms with Gasteiger partial charge in [-0.05, 0) is 17.7 Å². The lowest BCUT2D eigenvalue weighted by atomic mass is 10.1. The van der Waals surface area contributed by atoms with Gasteiger partial charge in [0.25, 0.3) is 11.8 Å². The normalized spacial score (nSPS) is 14.7. The molecule has 0 spiro atoms. The monoisotopic (exact) mass is 406 g/mol. The van der Waals surface area contributed by atoms with Gasteiger partial charge in [-0.15, -0.1) is 0 Å². The van der Waals surface area contributed by atoms with E-state index in [1.807, 2.05) is 0 Å². The van der Waals surface area contributed by atoms with Gasteiger partial charge in [-0.3, -0.25) is 19.4 Å². The van der Waals surface area contributed by atoms with Crippen LogP contribution in [0.2, 0.25) is 0 Å². The molecule has 1 unspecified atom stereocenters. The van der Waals surface area contributed by atoms with Gasteiger partial charge < -0.3 is 5.11 Å². The van der Waals surface area contributed by atoms with E-state index in [-0.39, 0.29) is 17.7 Å². The standard InChI is InChI=1S/C20H17F3N2O4/c21-20(22,23)10-14(24(19(28)29)11-13-6-2-1-3-7-13)12-25-17(26)15-8-4-5-9-16(15)18(25)27/h1-9,14H,10-12H2,(H,28,29). The molecular formula is C20H17F3N2O4. The molecule has 0 saturated carbocycles. The highest BCUT2D eigenvalue weighted by Crippen LogP contribution is 2.29. The molecule has 29 heavy (non-hydrogen) atoms. The van der Waals surface area contributed by atoms with Crippen LogP contribution in [0.3, 0.4) is 0 Å². The summed E-state index contributed by atoms with van der Waals surface area (Å²) in [5, 5.41) is 9.55. The summed E-state index contributed by atoms with van der Waals surface area (Å²) in [6.07, 6.45) is -7.74. The minimum absolute atomic E-state index is 0.0909. The summed E-state index contributed by atoms with van der Waals surface area (Å²) in [4.78, 5) is 38.1. The molecule has 1 N–H and O–H groups in total. The number of carbonyl (C=O) groups excluding carboxylic acids is 2. The topological polar surface area (TPSA) is 77.9 Å². The summed E-state index contributed by atoms with van der Waals surface area (Å²) in [7, 11) is 0. The third-order valence-electron chi connectivity index (χ3n) is 4.62. The van der Waals surface area contributed by atoms with Crippen LogP contribution in [-0.4, -0.2) is 51.6 Å². The number of hydrogen-bond donors (Lipinski definition) is 1. The zero-order valence-electron chi connectivity index (χ0n) is 15.1. The van der Waals surface area contributed by atoms with Crippen molar-refractivity contribution < 1.29 is 32.7 Å². The highest BCUT2D eigenvalue weighted by Gasteiger charge is 2.42. The molecule has 3 rings (SSSR count). The fourth-order valence-electron chi connectivity index (χ4n) is 3.29. The zero-order chi connectivity index (χ0) is 21.2. The first-order chi connectivity index (χ1) is 13.7. The highest BCUT2D eigenvalue weighted by molar-refractivity contribution is 6.21. The van der Waals surface area contributed by atoms with Crippen LogP contribution >= 0.6 is 0 Å². The number of carbonyl (C=O) groups is 3. The second-order valence-corrected chi connectivity index (χ2v) is 6.64. The van der Waals surface area contributed by atoms with Crippen LogP contribution in [-0.2, 0) is 6.54 Å². The highest BCUT2D eigenvalue weighted by atomic mass is 19.4. The molecule has 152 valence electrons. The Hall–Kier alpha value is -3.36. The van der Waals surface area contributed by atoms with E-state index in [1.165, 1.54) is 12.1 Å². The van der Waals surface area contributed by atoms with E-state index in [9.17, 15) is 32.7 Å². The van der Waals surface area contributed by atoms with E-state index in [2.05, 4.69) is 0 Å². The molecule has 0 aliphatic carbocycles. The summed E-state index contributed by atoms with van der Waals surface area (Å²) in [6, 6.07) is 12.4. The van der Waals surface area contributed by atoms with Crippen LogP contribution in [0.1, 0.15) is 32.7 Å². The number of alkyl halides is 3. The Kier molecular flexibility index (Phi) is 5.58. The van der Waals surface area contributed by atoms with Crippen LogP contribution < -0.4 is 0 Å². The van der Waals surface area contributed by atoms with Gasteiger partial charge in [-0.25, -0.2) is 4.79 Å². The molecule has 1 aliphatic rings. The largest absolute Gasteiger partial charge is 0.465 e. The fraction of sp³-hybridized carbons (Fsp3) is 0.250. The van der Waals surface area contributed by atoms with E-state index >= 15 is 0 Å². The van der Waals surface area contributed by atoms with E-state index < -0.39 is 43.1 Å². The molecule has 0 bridgehead atoms. The molecule has 0 aromatic heterocycles. The Labute approximate surface area is 164 Å². The number of imide groups is 1. The maximum atomic E-state index is 13.2. The first kappa shape index (κ1) is 20.4.